The quantitative estimate of drug-likeness (QED) is 0.445. The molecule has 3 aromatic carbocycles. The van der Waals surface area contributed by atoms with Gasteiger partial charge in [0.1, 0.15) is 0 Å². The van der Waals surface area contributed by atoms with Gasteiger partial charge < -0.3 is 5.11 Å². The van der Waals surface area contributed by atoms with Crippen LogP contribution in [-0.2, 0) is 0 Å². The number of hydrazine groups is 1. The van der Waals surface area contributed by atoms with Crippen LogP contribution in [0.4, 0.5) is 28.4 Å². The Bertz CT molecular complexity index is 998. The van der Waals surface area contributed by atoms with Crippen LogP contribution >= 0.6 is 0 Å². The molecule has 3 rings (SSSR count). The van der Waals surface area contributed by atoms with Crippen LogP contribution in [-0.4, -0.2) is 20.9 Å². The van der Waals surface area contributed by atoms with Crippen LogP contribution in [0.25, 0.3) is 0 Å². The second-order valence-corrected chi connectivity index (χ2v) is 5.83. The van der Waals surface area contributed by atoms with Crippen molar-refractivity contribution in [3.63, 3.8) is 0 Å². The first kappa shape index (κ1) is 19.3. The molecular weight excluding hydrogens is 380 g/mol. The lowest BCUT2D eigenvalue weighted by Crippen LogP contribution is -2.25. The smallest absolute Gasteiger partial charge is 0.336 e. The number of nitro groups is 2. The maximum absolute atomic E-state index is 11.6. The van der Waals surface area contributed by atoms with Crippen molar-refractivity contribution >= 4 is 34.4 Å². The van der Waals surface area contributed by atoms with E-state index < -0.39 is 38.4 Å². The number of para-hydroxylation sites is 2. The van der Waals surface area contributed by atoms with E-state index in [2.05, 4.69) is 5.43 Å². The standard InChI is InChI=1S/C19H14N4O6/c24-19(25)13-11-16(22(26)27)18(17(12-13)23(28)29)20-21(14-7-3-1-4-8-14)15-9-5-2-6-10-15/h1-12,20H,(H,24,25). The predicted octanol–water partition coefficient (Wildman–Crippen LogP) is 4.37. The molecule has 0 radical (unpaired) electrons. The summed E-state index contributed by atoms with van der Waals surface area (Å²) in [4.78, 5) is 32.6. The van der Waals surface area contributed by atoms with E-state index in [1.54, 1.807) is 60.7 Å². The van der Waals surface area contributed by atoms with Gasteiger partial charge in [0, 0.05) is 12.1 Å². The van der Waals surface area contributed by atoms with Crippen molar-refractivity contribution < 1.29 is 19.7 Å². The second kappa shape index (κ2) is 8.05. The number of aromatic carboxylic acids is 1. The van der Waals surface area contributed by atoms with E-state index in [0.29, 0.717) is 11.4 Å². The van der Waals surface area contributed by atoms with Gasteiger partial charge in [-0.15, -0.1) is 0 Å². The number of anilines is 3. The van der Waals surface area contributed by atoms with Crippen molar-refractivity contribution in [2.75, 3.05) is 10.4 Å². The minimum absolute atomic E-state index is 0.433. The zero-order chi connectivity index (χ0) is 21.0. The maximum Gasteiger partial charge on any atom is 0.336 e. The Balaban J connectivity index is 2.21. The summed E-state index contributed by atoms with van der Waals surface area (Å²) in [6.07, 6.45) is 0. The van der Waals surface area contributed by atoms with Gasteiger partial charge in [-0.05, 0) is 24.3 Å². The van der Waals surface area contributed by atoms with Crippen molar-refractivity contribution in [1.29, 1.82) is 0 Å². The van der Waals surface area contributed by atoms with Crippen molar-refractivity contribution in [2.45, 2.75) is 0 Å². The molecule has 146 valence electrons. The van der Waals surface area contributed by atoms with Gasteiger partial charge in [-0.2, -0.15) is 0 Å². The molecule has 0 heterocycles. The molecule has 0 aliphatic heterocycles. The number of hydrogen-bond acceptors (Lipinski definition) is 7. The third kappa shape index (κ3) is 4.11. The summed E-state index contributed by atoms with van der Waals surface area (Å²) >= 11 is 0. The number of nitrogens with one attached hydrogen (secondary N) is 1. The lowest BCUT2D eigenvalue weighted by Gasteiger charge is -2.26. The number of nitro benzene ring substituents is 2. The number of carboxylic acids is 1. The highest BCUT2D eigenvalue weighted by atomic mass is 16.6. The molecule has 0 aromatic heterocycles. The minimum atomic E-state index is -1.51. The first-order valence-corrected chi connectivity index (χ1v) is 8.25. The zero-order valence-corrected chi connectivity index (χ0v) is 14.8. The monoisotopic (exact) mass is 394 g/mol. The molecule has 10 heteroatoms. The normalized spacial score (nSPS) is 10.2. The molecular formula is C19H14N4O6. The summed E-state index contributed by atoms with van der Waals surface area (Å²) in [5.41, 5.74) is 1.41. The van der Waals surface area contributed by atoms with Crippen molar-refractivity contribution in [3.05, 3.63) is 98.6 Å². The van der Waals surface area contributed by atoms with E-state index >= 15 is 0 Å². The van der Waals surface area contributed by atoms with Crippen molar-refractivity contribution in [1.82, 2.24) is 0 Å². The van der Waals surface area contributed by atoms with Crippen LogP contribution in [0.3, 0.4) is 0 Å². The number of carboxylic acid groups (broad SMARTS) is 1. The molecule has 0 aliphatic rings. The number of benzene rings is 3. The third-order valence-electron chi connectivity index (χ3n) is 3.99. The molecule has 0 spiro atoms. The summed E-state index contributed by atoms with van der Waals surface area (Å²) in [6, 6.07) is 18.9. The Labute approximate surface area is 163 Å². The fraction of sp³-hybridized carbons (Fsp3) is 0. The highest BCUT2D eigenvalue weighted by Crippen LogP contribution is 2.38. The maximum atomic E-state index is 11.6. The Morgan fingerprint density at radius 2 is 1.24 bits per heavy atom. The fourth-order valence-electron chi connectivity index (χ4n) is 2.68. The molecule has 0 bridgehead atoms. The SMILES string of the molecule is O=C(O)c1cc([N+](=O)[O-])c(NN(c2ccccc2)c2ccccc2)c([N+](=O)[O-])c1. The molecule has 0 saturated heterocycles. The van der Waals surface area contributed by atoms with Crippen LogP contribution in [0.1, 0.15) is 10.4 Å². The van der Waals surface area contributed by atoms with Crippen LogP contribution in [0.2, 0.25) is 0 Å². The Morgan fingerprint density at radius 3 is 1.59 bits per heavy atom. The largest absolute Gasteiger partial charge is 0.478 e. The second-order valence-electron chi connectivity index (χ2n) is 5.83. The fourth-order valence-corrected chi connectivity index (χ4v) is 2.68. The van der Waals surface area contributed by atoms with Crippen molar-refractivity contribution in [3.8, 4) is 0 Å². The number of nitrogens with zero attached hydrogens (tertiary/aromatic N) is 3. The molecule has 0 aliphatic carbocycles. The third-order valence-corrected chi connectivity index (χ3v) is 3.99. The van der Waals surface area contributed by atoms with Gasteiger partial charge in [0.2, 0.25) is 5.69 Å². The van der Waals surface area contributed by atoms with E-state index in [1.807, 2.05) is 0 Å². The van der Waals surface area contributed by atoms with Gasteiger partial charge in [0.25, 0.3) is 0 Å². The molecule has 29 heavy (non-hydrogen) atoms. The number of hydrogen-bond donors (Lipinski definition) is 2. The summed E-state index contributed by atoms with van der Waals surface area (Å²) in [5.74, 6) is -1.51. The van der Waals surface area contributed by atoms with Crippen molar-refractivity contribution in [2.24, 2.45) is 0 Å². The van der Waals surface area contributed by atoms with Crippen LogP contribution in [0.15, 0.2) is 72.8 Å². The van der Waals surface area contributed by atoms with Gasteiger partial charge in [0.15, 0.2) is 0 Å². The summed E-state index contributed by atoms with van der Waals surface area (Å²) in [7, 11) is 0. The molecule has 0 amide bonds. The lowest BCUT2D eigenvalue weighted by molar-refractivity contribution is -0.392. The van der Waals surface area contributed by atoms with E-state index in [4.69, 9.17) is 5.11 Å². The zero-order valence-electron chi connectivity index (χ0n) is 14.8. The Hall–Kier alpha value is -4.47. The molecule has 0 atom stereocenters. The van der Waals surface area contributed by atoms with E-state index in [0.717, 1.165) is 12.1 Å². The van der Waals surface area contributed by atoms with Gasteiger partial charge in [-0.25, -0.2) is 4.79 Å². The summed E-state index contributed by atoms with van der Waals surface area (Å²) in [6.45, 7) is 0. The molecule has 0 saturated carbocycles. The molecule has 0 fully saturated rings. The first-order chi connectivity index (χ1) is 13.9. The van der Waals surface area contributed by atoms with Crippen LogP contribution in [0, 0.1) is 20.2 Å². The highest BCUT2D eigenvalue weighted by molar-refractivity contribution is 5.93. The van der Waals surface area contributed by atoms with Gasteiger partial charge in [-0.3, -0.25) is 30.7 Å². The lowest BCUT2D eigenvalue weighted by atomic mass is 10.1. The summed E-state index contributed by atoms with van der Waals surface area (Å²) in [5, 5.41) is 33.7. The minimum Gasteiger partial charge on any atom is -0.478 e. The molecule has 3 aromatic rings. The van der Waals surface area contributed by atoms with E-state index in [-0.39, 0.29) is 0 Å². The molecule has 10 nitrogen and oxygen atoms in total. The predicted molar refractivity (Wildman–Crippen MR) is 105 cm³/mol. The topological polar surface area (TPSA) is 139 Å². The van der Waals surface area contributed by atoms with Gasteiger partial charge in [-0.1, -0.05) is 36.4 Å². The Kier molecular flexibility index (Phi) is 5.35. The van der Waals surface area contributed by atoms with Crippen LogP contribution < -0.4 is 10.4 Å². The van der Waals surface area contributed by atoms with Crippen LogP contribution in [0.5, 0.6) is 0 Å². The van der Waals surface area contributed by atoms with Gasteiger partial charge in [0.05, 0.1) is 26.8 Å². The van der Waals surface area contributed by atoms with Gasteiger partial charge >= 0.3 is 17.3 Å². The first-order valence-electron chi connectivity index (χ1n) is 8.25. The average molecular weight is 394 g/mol. The van der Waals surface area contributed by atoms with E-state index in [1.165, 1.54) is 5.01 Å². The number of rotatable bonds is 7. The number of carbonyl (C=O) groups is 1. The van der Waals surface area contributed by atoms with E-state index in [9.17, 15) is 25.0 Å². The Morgan fingerprint density at radius 1 is 0.828 bits per heavy atom. The summed E-state index contributed by atoms with van der Waals surface area (Å²) < 4.78 is 0. The average Bonchev–Trinajstić information content (AvgIpc) is 2.72. The molecule has 2 N–H and O–H groups in total. The molecule has 0 unspecified atom stereocenters. The highest BCUT2D eigenvalue weighted by Gasteiger charge is 2.30.